The average molecular weight is 520 g/mol. The van der Waals surface area contributed by atoms with Gasteiger partial charge in [-0.3, -0.25) is 10.3 Å². The number of benzene rings is 2. The fourth-order valence-corrected chi connectivity index (χ4v) is 4.31. The summed E-state index contributed by atoms with van der Waals surface area (Å²) >= 11 is 0. The van der Waals surface area contributed by atoms with E-state index in [1.165, 1.54) is 13.3 Å². The highest BCUT2D eigenvalue weighted by Gasteiger charge is 2.25. The van der Waals surface area contributed by atoms with Crippen molar-refractivity contribution in [3.8, 4) is 11.5 Å². The normalized spacial score (nSPS) is 15.7. The number of carbonyl (C=O) groups is 2. The van der Waals surface area contributed by atoms with Crippen LogP contribution in [0.4, 0.5) is 16.4 Å². The van der Waals surface area contributed by atoms with Gasteiger partial charge in [-0.25, -0.2) is 14.6 Å². The minimum absolute atomic E-state index is 0.0501. The van der Waals surface area contributed by atoms with Gasteiger partial charge >= 0.3 is 12.0 Å². The Hall–Kier alpha value is -4.34. The molecule has 10 heteroatoms. The number of nitrogens with zero attached hydrogens (tertiary/aromatic N) is 3. The lowest BCUT2D eigenvalue weighted by atomic mass is 10.1. The van der Waals surface area contributed by atoms with Crippen molar-refractivity contribution in [2.75, 3.05) is 37.0 Å². The number of piperidine rings is 1. The SMILES string of the molecule is CCOc1ccccc1O[C@@H]1CCCN(c2cncc(NC(=O)N[C@@H](Cc3ccccc3)C(=O)OC)n2)C1. The summed E-state index contributed by atoms with van der Waals surface area (Å²) < 4.78 is 16.8. The number of carbonyl (C=O) groups excluding carboxylic acids is 2. The number of methoxy groups -OCH3 is 1. The van der Waals surface area contributed by atoms with E-state index >= 15 is 0 Å². The van der Waals surface area contributed by atoms with Crippen LogP contribution in [0.15, 0.2) is 67.0 Å². The summed E-state index contributed by atoms with van der Waals surface area (Å²) in [7, 11) is 1.29. The van der Waals surface area contributed by atoms with Gasteiger partial charge in [0.15, 0.2) is 17.3 Å². The highest BCUT2D eigenvalue weighted by molar-refractivity contribution is 5.91. The molecule has 1 aromatic heterocycles. The van der Waals surface area contributed by atoms with Gasteiger partial charge in [0.25, 0.3) is 0 Å². The molecule has 2 heterocycles. The van der Waals surface area contributed by atoms with Crippen LogP contribution in [0.5, 0.6) is 11.5 Å². The Morgan fingerprint density at radius 1 is 1.08 bits per heavy atom. The number of nitrogens with one attached hydrogen (secondary N) is 2. The van der Waals surface area contributed by atoms with E-state index in [0.717, 1.165) is 36.4 Å². The number of urea groups is 1. The monoisotopic (exact) mass is 519 g/mol. The summed E-state index contributed by atoms with van der Waals surface area (Å²) in [6.45, 7) is 3.91. The van der Waals surface area contributed by atoms with Crippen molar-refractivity contribution in [3.05, 3.63) is 72.6 Å². The molecule has 2 amide bonds. The van der Waals surface area contributed by atoms with Crippen LogP contribution < -0.4 is 25.0 Å². The molecule has 38 heavy (non-hydrogen) atoms. The summed E-state index contributed by atoms with van der Waals surface area (Å²) in [6.07, 6.45) is 5.19. The number of hydrogen-bond donors (Lipinski definition) is 2. The highest BCUT2D eigenvalue weighted by atomic mass is 16.5. The Labute approximate surface area is 222 Å². The van der Waals surface area contributed by atoms with Gasteiger partial charge in [0.05, 0.1) is 32.7 Å². The van der Waals surface area contributed by atoms with Crippen LogP contribution in [0.1, 0.15) is 25.3 Å². The number of esters is 1. The van der Waals surface area contributed by atoms with Gasteiger partial charge in [-0.1, -0.05) is 42.5 Å². The molecule has 0 saturated carbocycles. The van der Waals surface area contributed by atoms with Crippen molar-refractivity contribution < 1.29 is 23.8 Å². The van der Waals surface area contributed by atoms with Crippen molar-refractivity contribution in [3.63, 3.8) is 0 Å². The summed E-state index contributed by atoms with van der Waals surface area (Å²) in [4.78, 5) is 35.9. The lowest BCUT2D eigenvalue weighted by Gasteiger charge is -2.33. The summed E-state index contributed by atoms with van der Waals surface area (Å²) in [5, 5.41) is 5.36. The third-order valence-electron chi connectivity index (χ3n) is 6.08. The third-order valence-corrected chi connectivity index (χ3v) is 6.08. The van der Waals surface area contributed by atoms with E-state index in [4.69, 9.17) is 14.2 Å². The Balaban J connectivity index is 1.38. The van der Waals surface area contributed by atoms with Gasteiger partial charge in [0, 0.05) is 13.0 Å². The molecule has 0 radical (unpaired) electrons. The second-order valence-electron chi connectivity index (χ2n) is 8.83. The molecule has 1 aliphatic heterocycles. The minimum Gasteiger partial charge on any atom is -0.490 e. The van der Waals surface area contributed by atoms with Gasteiger partial charge in [0.1, 0.15) is 18.0 Å². The first-order valence-corrected chi connectivity index (χ1v) is 12.7. The van der Waals surface area contributed by atoms with Crippen LogP contribution in [0.2, 0.25) is 0 Å². The number of aromatic nitrogens is 2. The second kappa shape index (κ2) is 13.3. The van der Waals surface area contributed by atoms with Crippen LogP contribution in [0.3, 0.4) is 0 Å². The summed E-state index contributed by atoms with van der Waals surface area (Å²) in [5.41, 5.74) is 0.899. The van der Waals surface area contributed by atoms with E-state index in [0.29, 0.717) is 25.4 Å². The van der Waals surface area contributed by atoms with E-state index in [1.54, 1.807) is 6.20 Å². The first-order valence-electron chi connectivity index (χ1n) is 12.7. The zero-order valence-electron chi connectivity index (χ0n) is 21.6. The topological polar surface area (TPSA) is 115 Å². The molecule has 0 bridgehead atoms. The number of rotatable bonds is 10. The molecule has 2 atom stereocenters. The zero-order valence-corrected chi connectivity index (χ0v) is 21.6. The van der Waals surface area contributed by atoms with Crippen molar-refractivity contribution in [2.45, 2.75) is 38.3 Å². The molecule has 0 aliphatic carbocycles. The fraction of sp³-hybridized carbons (Fsp3) is 0.357. The van der Waals surface area contributed by atoms with Gasteiger partial charge in [-0.05, 0) is 37.5 Å². The lowest BCUT2D eigenvalue weighted by molar-refractivity contribution is -0.142. The number of para-hydroxylation sites is 2. The van der Waals surface area contributed by atoms with Crippen molar-refractivity contribution >= 4 is 23.6 Å². The highest BCUT2D eigenvalue weighted by Crippen LogP contribution is 2.30. The maximum Gasteiger partial charge on any atom is 0.328 e. The van der Waals surface area contributed by atoms with Crippen molar-refractivity contribution in [2.24, 2.45) is 0 Å². The molecule has 1 aliphatic rings. The van der Waals surface area contributed by atoms with E-state index < -0.39 is 18.0 Å². The molecule has 0 spiro atoms. The molecule has 10 nitrogen and oxygen atoms in total. The molecule has 1 fully saturated rings. The zero-order chi connectivity index (χ0) is 26.7. The molecule has 3 aromatic rings. The van der Waals surface area contributed by atoms with Crippen LogP contribution in [0.25, 0.3) is 0 Å². The maximum atomic E-state index is 12.7. The molecule has 1 saturated heterocycles. The fourth-order valence-electron chi connectivity index (χ4n) is 4.31. The number of amides is 2. The Kier molecular flexibility index (Phi) is 9.33. The first kappa shape index (κ1) is 26.7. The average Bonchev–Trinajstić information content (AvgIpc) is 2.94. The van der Waals surface area contributed by atoms with Gasteiger partial charge in [-0.2, -0.15) is 0 Å². The van der Waals surface area contributed by atoms with E-state index in [1.807, 2.05) is 61.5 Å². The van der Waals surface area contributed by atoms with Crippen LogP contribution in [-0.4, -0.2) is 60.9 Å². The predicted molar refractivity (Wildman–Crippen MR) is 144 cm³/mol. The van der Waals surface area contributed by atoms with Gasteiger partial charge < -0.3 is 24.4 Å². The Bertz CT molecular complexity index is 1210. The quantitative estimate of drug-likeness (QED) is 0.389. The summed E-state index contributed by atoms with van der Waals surface area (Å²) in [5.74, 6) is 1.81. The third kappa shape index (κ3) is 7.34. The Morgan fingerprint density at radius 3 is 2.61 bits per heavy atom. The smallest absolute Gasteiger partial charge is 0.328 e. The van der Waals surface area contributed by atoms with Crippen LogP contribution in [0, 0.1) is 0 Å². The standard InChI is InChI=1S/C28H33N5O5/c1-3-37-23-13-7-8-14-24(23)38-21-12-9-15-33(19-21)26-18-29-17-25(31-26)32-28(35)30-22(27(34)36-2)16-20-10-5-4-6-11-20/h4-8,10-11,13-14,17-18,21-22H,3,9,12,15-16,19H2,1-2H3,(H2,30,31,32,35)/t21-,22+/m1/s1. The van der Waals surface area contributed by atoms with E-state index in [9.17, 15) is 9.59 Å². The maximum absolute atomic E-state index is 12.7. The molecule has 200 valence electrons. The lowest BCUT2D eigenvalue weighted by Crippen LogP contribution is -2.45. The van der Waals surface area contributed by atoms with Crippen LogP contribution in [-0.2, 0) is 16.0 Å². The first-order chi connectivity index (χ1) is 18.6. The molecular weight excluding hydrogens is 486 g/mol. The number of hydrogen-bond acceptors (Lipinski definition) is 8. The largest absolute Gasteiger partial charge is 0.490 e. The molecule has 4 rings (SSSR count). The molecule has 2 N–H and O–H groups in total. The van der Waals surface area contributed by atoms with Gasteiger partial charge in [0.2, 0.25) is 0 Å². The molecule has 0 unspecified atom stereocenters. The number of anilines is 2. The minimum atomic E-state index is -0.849. The molecule has 2 aromatic carbocycles. The second-order valence-corrected chi connectivity index (χ2v) is 8.83. The number of ether oxygens (including phenoxy) is 3. The Morgan fingerprint density at radius 2 is 1.84 bits per heavy atom. The van der Waals surface area contributed by atoms with Crippen molar-refractivity contribution in [1.29, 1.82) is 0 Å². The predicted octanol–water partition coefficient (Wildman–Crippen LogP) is 3.83. The van der Waals surface area contributed by atoms with Crippen LogP contribution >= 0.6 is 0 Å². The van der Waals surface area contributed by atoms with Gasteiger partial charge in [-0.15, -0.1) is 0 Å². The van der Waals surface area contributed by atoms with E-state index in [-0.39, 0.29) is 11.9 Å². The summed E-state index contributed by atoms with van der Waals surface area (Å²) in [6, 6.07) is 15.6. The molecular formula is C28H33N5O5. The van der Waals surface area contributed by atoms with E-state index in [2.05, 4.69) is 25.5 Å². The van der Waals surface area contributed by atoms with Crippen molar-refractivity contribution in [1.82, 2.24) is 15.3 Å².